The van der Waals surface area contributed by atoms with Crippen molar-refractivity contribution in [2.75, 3.05) is 12.4 Å². The number of hydrogen-bond acceptors (Lipinski definition) is 8. The smallest absolute Gasteiger partial charge is 0.300 e. The largest absolute Gasteiger partial charge is 0.468 e. The van der Waals surface area contributed by atoms with Crippen molar-refractivity contribution in [1.82, 2.24) is 19.5 Å². The van der Waals surface area contributed by atoms with Crippen LogP contribution in [0.5, 0.6) is 6.01 Å². The molecule has 0 aliphatic carbocycles. The topological polar surface area (TPSA) is 121 Å². The summed E-state index contributed by atoms with van der Waals surface area (Å²) >= 11 is 0. The Hall–Kier alpha value is -2.65. The highest BCUT2D eigenvalue weighted by atomic mass is 31.1. The second-order valence-corrected chi connectivity index (χ2v) is 7.61. The molecule has 0 bridgehead atoms. The number of aromatic nitrogens is 4. The standard InChI is InChI=1S/C20H24N5O5P/c1-4-13-11(2)15(30-31-27)19(29-13)25-17-14(23-20(25)28-3)16(21-10-22-17)24-18(26)12-8-6-5-7-9-12/h5-11,13,15,19,27,31H,4H2,1-3H3,(H,21,22,24,26)/t11-,13-,15-,19-/m1/s1. The monoisotopic (exact) mass is 445 g/mol. The van der Waals surface area contributed by atoms with Crippen LogP contribution in [0.15, 0.2) is 36.7 Å². The highest BCUT2D eigenvalue weighted by Gasteiger charge is 2.45. The van der Waals surface area contributed by atoms with Crippen molar-refractivity contribution in [2.45, 2.75) is 38.7 Å². The molecule has 4 rings (SSSR count). The third-order valence-electron chi connectivity index (χ3n) is 5.44. The molecule has 2 N–H and O–H groups in total. The van der Waals surface area contributed by atoms with Gasteiger partial charge in [-0.05, 0) is 18.6 Å². The predicted molar refractivity (Wildman–Crippen MR) is 115 cm³/mol. The molecule has 1 aliphatic heterocycles. The first-order chi connectivity index (χ1) is 15.1. The van der Waals surface area contributed by atoms with Gasteiger partial charge < -0.3 is 24.2 Å². The molecule has 3 heterocycles. The summed E-state index contributed by atoms with van der Waals surface area (Å²) in [5.41, 5.74) is 1.29. The van der Waals surface area contributed by atoms with E-state index < -0.39 is 21.4 Å². The lowest BCUT2D eigenvalue weighted by Crippen LogP contribution is -2.26. The van der Waals surface area contributed by atoms with E-state index in [0.29, 0.717) is 16.7 Å². The molecule has 3 aromatic rings. The number of amides is 1. The Balaban J connectivity index is 1.75. The summed E-state index contributed by atoms with van der Waals surface area (Å²) in [7, 11) is 0.810. The van der Waals surface area contributed by atoms with Gasteiger partial charge in [-0.2, -0.15) is 4.98 Å². The number of methoxy groups -OCH3 is 1. The number of anilines is 1. The van der Waals surface area contributed by atoms with Crippen LogP contribution in [0.1, 0.15) is 36.9 Å². The molecule has 1 aromatic carbocycles. The zero-order chi connectivity index (χ0) is 22.0. The van der Waals surface area contributed by atoms with Gasteiger partial charge in [0.25, 0.3) is 5.91 Å². The quantitative estimate of drug-likeness (QED) is 0.533. The molecule has 10 nitrogen and oxygen atoms in total. The van der Waals surface area contributed by atoms with Gasteiger partial charge in [-0.1, -0.05) is 32.0 Å². The highest BCUT2D eigenvalue weighted by Crippen LogP contribution is 2.43. The van der Waals surface area contributed by atoms with Gasteiger partial charge in [0.05, 0.1) is 13.2 Å². The normalized spacial score (nSPS) is 23.6. The number of carbonyl (C=O) groups is 1. The SMILES string of the molecule is CC[C@H]1O[C@@H](n2c(OC)nc3c(NC(=O)c4ccccc4)ncnc32)[C@H](OPO)[C@@H]1C. The molecule has 1 saturated heterocycles. The van der Waals surface area contributed by atoms with E-state index in [1.165, 1.54) is 13.4 Å². The maximum Gasteiger partial charge on any atom is 0.300 e. The van der Waals surface area contributed by atoms with Crippen LogP contribution < -0.4 is 10.1 Å². The van der Waals surface area contributed by atoms with Gasteiger partial charge in [0.15, 0.2) is 32.2 Å². The van der Waals surface area contributed by atoms with Gasteiger partial charge in [0, 0.05) is 11.5 Å². The number of nitrogens with zero attached hydrogens (tertiary/aromatic N) is 4. The van der Waals surface area contributed by atoms with Gasteiger partial charge >= 0.3 is 6.01 Å². The van der Waals surface area contributed by atoms with Crippen molar-refractivity contribution in [2.24, 2.45) is 5.92 Å². The molecule has 0 saturated carbocycles. The summed E-state index contributed by atoms with van der Waals surface area (Å²) in [6.45, 7) is 4.05. The van der Waals surface area contributed by atoms with E-state index in [2.05, 4.69) is 20.3 Å². The summed E-state index contributed by atoms with van der Waals surface area (Å²) in [6.07, 6.45) is 1.05. The third-order valence-corrected chi connectivity index (χ3v) is 5.82. The molecule has 11 heteroatoms. The number of nitrogens with one attached hydrogen (secondary N) is 1. The van der Waals surface area contributed by atoms with Crippen LogP contribution in [-0.4, -0.2) is 49.6 Å². The van der Waals surface area contributed by atoms with Gasteiger partial charge in [-0.3, -0.25) is 4.79 Å². The Labute approximate surface area is 180 Å². The van der Waals surface area contributed by atoms with E-state index in [-0.39, 0.29) is 29.8 Å². The van der Waals surface area contributed by atoms with Crippen LogP contribution in [0.3, 0.4) is 0 Å². The Morgan fingerprint density at radius 1 is 1.32 bits per heavy atom. The summed E-state index contributed by atoms with van der Waals surface area (Å²) in [5, 5.41) is 2.79. The Kier molecular flexibility index (Phi) is 6.43. The van der Waals surface area contributed by atoms with Crippen molar-refractivity contribution in [1.29, 1.82) is 0 Å². The van der Waals surface area contributed by atoms with E-state index in [1.54, 1.807) is 28.8 Å². The van der Waals surface area contributed by atoms with Crippen LogP contribution in [0.2, 0.25) is 0 Å². The zero-order valence-corrected chi connectivity index (χ0v) is 18.3. The number of ether oxygens (including phenoxy) is 2. The van der Waals surface area contributed by atoms with E-state index in [0.717, 1.165) is 6.42 Å². The average Bonchev–Trinajstić information content (AvgIpc) is 3.32. The maximum absolute atomic E-state index is 12.6. The van der Waals surface area contributed by atoms with Gasteiger partial charge in [0.2, 0.25) is 0 Å². The fourth-order valence-corrected chi connectivity index (χ4v) is 4.33. The highest BCUT2D eigenvalue weighted by molar-refractivity contribution is 7.25. The molecule has 1 fully saturated rings. The molecule has 0 spiro atoms. The van der Waals surface area contributed by atoms with Crippen LogP contribution in [0.4, 0.5) is 5.82 Å². The summed E-state index contributed by atoms with van der Waals surface area (Å²) in [5.74, 6) is -0.0139. The zero-order valence-electron chi connectivity index (χ0n) is 17.3. The Morgan fingerprint density at radius 3 is 2.77 bits per heavy atom. The fourth-order valence-electron chi connectivity index (χ4n) is 3.88. The van der Waals surface area contributed by atoms with Crippen molar-refractivity contribution in [3.05, 3.63) is 42.2 Å². The minimum Gasteiger partial charge on any atom is -0.468 e. The molecule has 1 unspecified atom stereocenters. The lowest BCUT2D eigenvalue weighted by Gasteiger charge is -2.22. The minimum atomic E-state index is -0.682. The van der Waals surface area contributed by atoms with Crippen molar-refractivity contribution in [3.8, 4) is 6.01 Å². The second kappa shape index (κ2) is 9.23. The fraction of sp³-hybridized carbons (Fsp3) is 0.400. The summed E-state index contributed by atoms with van der Waals surface area (Å²) < 4.78 is 19.0. The molecule has 164 valence electrons. The van der Waals surface area contributed by atoms with Crippen molar-refractivity contribution in [3.63, 3.8) is 0 Å². The van der Waals surface area contributed by atoms with Crippen molar-refractivity contribution < 1.29 is 23.7 Å². The first-order valence-corrected chi connectivity index (χ1v) is 10.8. The van der Waals surface area contributed by atoms with Gasteiger partial charge in [-0.25, -0.2) is 14.5 Å². The maximum atomic E-state index is 12.6. The molecular formula is C20H24N5O5P. The second-order valence-electron chi connectivity index (χ2n) is 7.19. The number of rotatable bonds is 7. The van der Waals surface area contributed by atoms with Crippen molar-refractivity contribution >= 4 is 31.9 Å². The number of carbonyl (C=O) groups excluding carboxylic acids is 1. The van der Waals surface area contributed by atoms with Crippen LogP contribution in [0, 0.1) is 5.92 Å². The number of fused-ring (bicyclic) bond motifs is 1. The summed E-state index contributed by atoms with van der Waals surface area (Å²) in [4.78, 5) is 35.1. The molecule has 2 aromatic heterocycles. The minimum absolute atomic E-state index is 0.0379. The van der Waals surface area contributed by atoms with Crippen LogP contribution >= 0.6 is 9.03 Å². The molecule has 1 amide bonds. The Bertz CT molecular complexity index is 1060. The van der Waals surface area contributed by atoms with Gasteiger partial charge in [0.1, 0.15) is 12.4 Å². The average molecular weight is 445 g/mol. The van der Waals surface area contributed by atoms with E-state index in [4.69, 9.17) is 14.0 Å². The van der Waals surface area contributed by atoms with Crippen LogP contribution in [0.25, 0.3) is 11.2 Å². The molecular weight excluding hydrogens is 421 g/mol. The van der Waals surface area contributed by atoms with E-state index >= 15 is 0 Å². The summed E-state index contributed by atoms with van der Waals surface area (Å²) in [6, 6.07) is 9.07. The lowest BCUT2D eigenvalue weighted by molar-refractivity contribution is -0.0315. The van der Waals surface area contributed by atoms with Gasteiger partial charge in [-0.15, -0.1) is 0 Å². The first kappa shape index (κ1) is 21.6. The molecule has 0 radical (unpaired) electrons. The Morgan fingerprint density at radius 2 is 2.10 bits per heavy atom. The number of imidazole rings is 1. The van der Waals surface area contributed by atoms with Crippen LogP contribution in [-0.2, 0) is 9.26 Å². The van der Waals surface area contributed by atoms with E-state index in [9.17, 15) is 9.69 Å². The number of hydrogen-bond donors (Lipinski definition) is 2. The third kappa shape index (κ3) is 3.99. The predicted octanol–water partition coefficient (Wildman–Crippen LogP) is 2.92. The van der Waals surface area contributed by atoms with E-state index in [1.807, 2.05) is 19.9 Å². The number of benzene rings is 1. The lowest BCUT2D eigenvalue weighted by atomic mass is 9.99. The molecule has 1 aliphatic rings. The first-order valence-electron chi connectivity index (χ1n) is 9.92. The molecule has 5 atom stereocenters. The molecule has 31 heavy (non-hydrogen) atoms.